The first-order valence-corrected chi connectivity index (χ1v) is 6.95. The summed E-state index contributed by atoms with van der Waals surface area (Å²) < 4.78 is 10.7. The Labute approximate surface area is 124 Å². The van der Waals surface area contributed by atoms with E-state index in [0.29, 0.717) is 6.61 Å². The van der Waals surface area contributed by atoms with Crippen molar-refractivity contribution in [3.8, 4) is 5.75 Å². The van der Waals surface area contributed by atoms with Crippen molar-refractivity contribution in [1.82, 2.24) is 0 Å². The number of benzene rings is 2. The summed E-state index contributed by atoms with van der Waals surface area (Å²) in [5.41, 5.74) is 0.854. The van der Waals surface area contributed by atoms with Gasteiger partial charge in [-0.05, 0) is 31.2 Å². The second-order valence-electron chi connectivity index (χ2n) is 4.44. The van der Waals surface area contributed by atoms with Gasteiger partial charge in [0.2, 0.25) is 0 Å². The van der Waals surface area contributed by atoms with Crippen LogP contribution in [-0.2, 0) is 9.53 Å². The standard InChI is InChI=1S/C17H19NO3/c1-2-20-17(19)16(18-14-9-5-3-6-10-14)13-21-15-11-7-4-8-12-15/h3-12,16,18H,2,13H2,1H3/t16-/m1/s1. The maximum absolute atomic E-state index is 12.0. The van der Waals surface area contributed by atoms with Crippen molar-refractivity contribution in [2.75, 3.05) is 18.5 Å². The van der Waals surface area contributed by atoms with Crippen molar-refractivity contribution >= 4 is 11.7 Å². The first-order chi connectivity index (χ1) is 10.3. The number of rotatable bonds is 7. The first kappa shape index (κ1) is 14.9. The molecule has 2 aromatic carbocycles. The van der Waals surface area contributed by atoms with E-state index in [4.69, 9.17) is 9.47 Å². The van der Waals surface area contributed by atoms with Crippen LogP contribution in [0.1, 0.15) is 6.92 Å². The lowest BCUT2D eigenvalue weighted by molar-refractivity contribution is -0.144. The molecule has 0 saturated heterocycles. The van der Waals surface area contributed by atoms with Gasteiger partial charge in [-0.3, -0.25) is 0 Å². The molecule has 0 fully saturated rings. The van der Waals surface area contributed by atoms with E-state index in [9.17, 15) is 4.79 Å². The molecule has 1 N–H and O–H groups in total. The van der Waals surface area contributed by atoms with Crippen molar-refractivity contribution in [3.05, 3.63) is 60.7 Å². The molecule has 4 heteroatoms. The highest BCUT2D eigenvalue weighted by Crippen LogP contribution is 2.12. The number of hydrogen-bond acceptors (Lipinski definition) is 4. The maximum Gasteiger partial charge on any atom is 0.332 e. The van der Waals surface area contributed by atoms with Crippen LogP contribution in [0.25, 0.3) is 0 Å². The normalized spacial score (nSPS) is 11.5. The fourth-order valence-electron chi connectivity index (χ4n) is 1.84. The third-order valence-electron chi connectivity index (χ3n) is 2.85. The molecule has 0 aromatic heterocycles. The summed E-state index contributed by atoms with van der Waals surface area (Å²) in [4.78, 5) is 12.0. The number of ether oxygens (including phenoxy) is 2. The lowest BCUT2D eigenvalue weighted by Crippen LogP contribution is -2.36. The monoisotopic (exact) mass is 285 g/mol. The molecule has 0 aliphatic carbocycles. The van der Waals surface area contributed by atoms with Gasteiger partial charge < -0.3 is 14.8 Å². The molecule has 21 heavy (non-hydrogen) atoms. The number of carbonyl (C=O) groups excluding carboxylic acids is 1. The minimum Gasteiger partial charge on any atom is -0.491 e. The number of esters is 1. The molecular formula is C17H19NO3. The third-order valence-corrected chi connectivity index (χ3v) is 2.85. The van der Waals surface area contributed by atoms with Gasteiger partial charge >= 0.3 is 5.97 Å². The van der Waals surface area contributed by atoms with E-state index < -0.39 is 6.04 Å². The predicted molar refractivity (Wildman–Crippen MR) is 82.4 cm³/mol. The van der Waals surface area contributed by atoms with E-state index in [1.165, 1.54) is 0 Å². The fraction of sp³-hybridized carbons (Fsp3) is 0.235. The Morgan fingerprint density at radius 1 is 1.05 bits per heavy atom. The Kier molecular flexibility index (Phi) is 5.64. The number of hydrogen-bond donors (Lipinski definition) is 1. The lowest BCUT2D eigenvalue weighted by Gasteiger charge is -2.19. The predicted octanol–water partition coefficient (Wildman–Crippen LogP) is 3.11. The van der Waals surface area contributed by atoms with Gasteiger partial charge in [0, 0.05) is 5.69 Å². The quantitative estimate of drug-likeness (QED) is 0.794. The SMILES string of the molecule is CCOC(=O)[C@@H](COc1ccccc1)Nc1ccccc1. The molecule has 0 amide bonds. The maximum atomic E-state index is 12.0. The molecule has 110 valence electrons. The molecule has 0 radical (unpaired) electrons. The second-order valence-corrected chi connectivity index (χ2v) is 4.44. The van der Waals surface area contributed by atoms with Crippen LogP contribution in [0.2, 0.25) is 0 Å². The highest BCUT2D eigenvalue weighted by atomic mass is 16.5. The van der Waals surface area contributed by atoms with Gasteiger partial charge in [-0.1, -0.05) is 36.4 Å². The molecule has 0 heterocycles. The van der Waals surface area contributed by atoms with E-state index in [1.807, 2.05) is 60.7 Å². The molecule has 2 aromatic rings. The summed E-state index contributed by atoms with van der Waals surface area (Å²) >= 11 is 0. The smallest absolute Gasteiger partial charge is 0.332 e. The van der Waals surface area contributed by atoms with Crippen molar-refractivity contribution in [2.45, 2.75) is 13.0 Å². The molecular weight excluding hydrogens is 266 g/mol. The van der Waals surface area contributed by atoms with Gasteiger partial charge in [0.1, 0.15) is 12.4 Å². The summed E-state index contributed by atoms with van der Waals surface area (Å²) in [6, 6.07) is 18.4. The van der Waals surface area contributed by atoms with Crippen LogP contribution in [-0.4, -0.2) is 25.2 Å². The summed E-state index contributed by atoms with van der Waals surface area (Å²) in [5.74, 6) is 0.402. The van der Waals surface area contributed by atoms with Crippen LogP contribution in [0.5, 0.6) is 5.75 Å². The van der Waals surface area contributed by atoms with E-state index in [0.717, 1.165) is 11.4 Å². The van der Waals surface area contributed by atoms with Crippen LogP contribution >= 0.6 is 0 Å². The Morgan fingerprint density at radius 3 is 2.29 bits per heavy atom. The number of nitrogens with one attached hydrogen (secondary N) is 1. The average molecular weight is 285 g/mol. The van der Waals surface area contributed by atoms with Gasteiger partial charge in [0.05, 0.1) is 6.61 Å². The van der Waals surface area contributed by atoms with Crippen LogP contribution in [0.4, 0.5) is 5.69 Å². The Morgan fingerprint density at radius 2 is 1.67 bits per heavy atom. The highest BCUT2D eigenvalue weighted by molar-refractivity contribution is 5.79. The summed E-state index contributed by atoms with van der Waals surface area (Å²) in [6.45, 7) is 2.34. The van der Waals surface area contributed by atoms with E-state index in [2.05, 4.69) is 5.32 Å². The molecule has 4 nitrogen and oxygen atoms in total. The molecule has 0 saturated carbocycles. The van der Waals surface area contributed by atoms with Gasteiger partial charge in [0.15, 0.2) is 6.04 Å². The van der Waals surface area contributed by atoms with Crippen LogP contribution < -0.4 is 10.1 Å². The van der Waals surface area contributed by atoms with Gasteiger partial charge in [-0.2, -0.15) is 0 Å². The minimum absolute atomic E-state index is 0.206. The van der Waals surface area contributed by atoms with Crippen molar-refractivity contribution < 1.29 is 14.3 Å². The van der Waals surface area contributed by atoms with Gasteiger partial charge in [-0.15, -0.1) is 0 Å². The Balaban J connectivity index is 2.00. The van der Waals surface area contributed by atoms with E-state index in [1.54, 1.807) is 6.92 Å². The van der Waals surface area contributed by atoms with Crippen molar-refractivity contribution in [2.24, 2.45) is 0 Å². The molecule has 1 atom stereocenters. The van der Waals surface area contributed by atoms with Crippen LogP contribution in [0.15, 0.2) is 60.7 Å². The lowest BCUT2D eigenvalue weighted by atomic mass is 10.2. The zero-order valence-electron chi connectivity index (χ0n) is 12.0. The molecule has 0 spiro atoms. The highest BCUT2D eigenvalue weighted by Gasteiger charge is 2.20. The minimum atomic E-state index is -0.549. The third kappa shape index (κ3) is 4.84. The number of para-hydroxylation sites is 2. The second kappa shape index (κ2) is 7.94. The molecule has 0 bridgehead atoms. The molecule has 0 aliphatic rings. The largest absolute Gasteiger partial charge is 0.491 e. The van der Waals surface area contributed by atoms with Gasteiger partial charge in [0.25, 0.3) is 0 Å². The summed E-state index contributed by atoms with van der Waals surface area (Å²) in [7, 11) is 0. The number of anilines is 1. The zero-order valence-corrected chi connectivity index (χ0v) is 12.0. The molecule has 2 rings (SSSR count). The van der Waals surface area contributed by atoms with E-state index in [-0.39, 0.29) is 12.6 Å². The van der Waals surface area contributed by atoms with Crippen LogP contribution in [0, 0.1) is 0 Å². The summed E-state index contributed by atoms with van der Waals surface area (Å²) in [5, 5.41) is 3.13. The fourth-order valence-corrected chi connectivity index (χ4v) is 1.84. The number of carbonyl (C=O) groups is 1. The zero-order chi connectivity index (χ0) is 14.9. The topological polar surface area (TPSA) is 47.6 Å². The molecule has 0 aliphatic heterocycles. The van der Waals surface area contributed by atoms with E-state index >= 15 is 0 Å². The van der Waals surface area contributed by atoms with Gasteiger partial charge in [-0.25, -0.2) is 4.79 Å². The average Bonchev–Trinajstić information content (AvgIpc) is 2.53. The molecule has 0 unspecified atom stereocenters. The summed E-state index contributed by atoms with van der Waals surface area (Å²) in [6.07, 6.45) is 0. The Bertz CT molecular complexity index is 542. The van der Waals surface area contributed by atoms with Crippen molar-refractivity contribution in [1.29, 1.82) is 0 Å². The first-order valence-electron chi connectivity index (χ1n) is 6.95. The van der Waals surface area contributed by atoms with Crippen LogP contribution in [0.3, 0.4) is 0 Å². The van der Waals surface area contributed by atoms with Crippen molar-refractivity contribution in [3.63, 3.8) is 0 Å². The Hall–Kier alpha value is -2.49.